The van der Waals surface area contributed by atoms with E-state index in [-0.39, 0.29) is 7.43 Å². The van der Waals surface area contributed by atoms with Gasteiger partial charge >= 0.3 is 7.12 Å². The van der Waals surface area contributed by atoms with Crippen molar-refractivity contribution in [1.82, 2.24) is 29.9 Å². The van der Waals surface area contributed by atoms with Crippen LogP contribution >= 0.6 is 30.2 Å². The van der Waals surface area contributed by atoms with Crippen molar-refractivity contribution in [3.05, 3.63) is 417 Å². The van der Waals surface area contributed by atoms with E-state index in [0.717, 1.165) is 130 Å². The Labute approximate surface area is 704 Å². The van der Waals surface area contributed by atoms with Crippen LogP contribution in [0.4, 0.5) is 0 Å². The first kappa shape index (κ1) is 79.8. The Bertz CT molecular complexity index is 6440. The molecule has 0 aliphatic carbocycles. The molecule has 19 rings (SSSR count). The van der Waals surface area contributed by atoms with E-state index in [9.17, 15) is 9.13 Å². The van der Waals surface area contributed by atoms with Crippen LogP contribution in [0, 0.1) is 0 Å². The van der Waals surface area contributed by atoms with E-state index in [1.165, 1.54) is 0 Å². The minimum absolute atomic E-state index is 0. The van der Waals surface area contributed by atoms with Gasteiger partial charge in [0.25, 0.3) is 0 Å². The standard InChI is InChI=1S/C49H34N3OP.C37H32BN3O2.C18H14BrOP.CH4/c53-54(40-19-9-3-10-20-40,41-21-11-4-12-22-41)42-31-29-36(30-32-42)44-34-33-43(45-23-13-14-24-46(44)45)35-25-27-39(28-26-35)49-51-47(37-15-5-1-6-16-37)50-48(52-49)38-17-7-2-8-18-38;1-36(2)37(3,4)43-38(42-36)32-24-23-29(30-17-11-12-18-31(30)32)25-19-21-28(22-20-25)35-40-33(26-13-7-5-8-14-26)39-34(41-35)27-15-9-6-10-16-27;19-15-11-13-18(14-12-15)21(20,16-7-3-1-4-8-16)17-9-5-2-6-10-17;/h1-34H;5-24H,1-4H3;1-14H;1H4. The number of fused-ring (bicyclic) bond motifs is 2. The van der Waals surface area contributed by atoms with E-state index in [2.05, 4.69) is 177 Å². The molecular formula is C105H84BBrN6O4P2. The Kier molecular flexibility index (Phi) is 23.5. The topological polar surface area (TPSA) is 130 Å². The van der Waals surface area contributed by atoms with Crippen LogP contribution in [0.15, 0.2) is 417 Å². The number of aromatic nitrogens is 6. The number of hydrogen-bond acceptors (Lipinski definition) is 10. The molecule has 0 atom stereocenters. The first-order valence-corrected chi connectivity index (χ1v) is 43.5. The normalized spacial score (nSPS) is 12.8. The maximum atomic E-state index is 14.9. The van der Waals surface area contributed by atoms with Gasteiger partial charge in [-0.3, -0.25) is 0 Å². The molecule has 1 aliphatic heterocycles. The van der Waals surface area contributed by atoms with Crippen molar-refractivity contribution in [1.29, 1.82) is 0 Å². The smallest absolute Gasteiger partial charge is 0.399 e. The molecule has 119 heavy (non-hydrogen) atoms. The summed E-state index contributed by atoms with van der Waals surface area (Å²) in [7, 11) is -6.30. The van der Waals surface area contributed by atoms with Crippen LogP contribution in [0.25, 0.3) is 123 Å². The molecule has 1 aliphatic rings. The van der Waals surface area contributed by atoms with Gasteiger partial charge in [-0.05, 0) is 112 Å². The highest BCUT2D eigenvalue weighted by Crippen LogP contribution is 2.46. The van der Waals surface area contributed by atoms with Crippen LogP contribution < -0.4 is 37.3 Å². The molecule has 18 aromatic rings. The van der Waals surface area contributed by atoms with Gasteiger partial charge in [0.15, 0.2) is 49.2 Å². The molecular weight excluding hydrogens is 1560 g/mol. The van der Waals surface area contributed by atoms with Crippen LogP contribution in [-0.4, -0.2) is 48.2 Å². The molecule has 0 saturated carbocycles. The Morgan fingerprint density at radius 3 is 0.723 bits per heavy atom. The summed E-state index contributed by atoms with van der Waals surface area (Å²) in [5.74, 6) is 3.85. The summed E-state index contributed by atoms with van der Waals surface area (Å²) in [5.41, 5.74) is 12.6. The molecule has 0 radical (unpaired) electrons. The lowest BCUT2D eigenvalue weighted by atomic mass is 9.75. The quantitative estimate of drug-likeness (QED) is 0.0681. The largest absolute Gasteiger partial charge is 0.495 e. The third kappa shape index (κ3) is 16.7. The Hall–Kier alpha value is -13.0. The zero-order valence-corrected chi connectivity index (χ0v) is 68.8. The van der Waals surface area contributed by atoms with Crippen molar-refractivity contribution in [2.45, 2.75) is 46.3 Å². The molecule has 16 aromatic carbocycles. The van der Waals surface area contributed by atoms with Crippen LogP contribution in [0.5, 0.6) is 0 Å². The van der Waals surface area contributed by atoms with Gasteiger partial charge in [-0.25, -0.2) is 29.9 Å². The van der Waals surface area contributed by atoms with E-state index >= 15 is 0 Å². The summed E-state index contributed by atoms with van der Waals surface area (Å²) in [5, 5.41) is 9.62. The molecule has 0 bridgehead atoms. The Morgan fingerprint density at radius 2 is 0.437 bits per heavy atom. The third-order valence-electron chi connectivity index (χ3n) is 21.9. The fourth-order valence-electron chi connectivity index (χ4n) is 15.0. The van der Waals surface area contributed by atoms with Gasteiger partial charge in [0.2, 0.25) is 0 Å². The SMILES string of the molecule is C.CC1(C)OB(c2ccc(-c3ccc(-c4nc(-c5ccccc5)nc(-c5ccccc5)n4)cc3)c3ccccc23)OC1(C)C.O=P(c1ccccc1)(c1ccccc1)c1ccc(-c2ccc(-c3ccc(-c4nc(-c5ccccc5)nc(-c5ccccc5)n4)cc3)c3ccccc23)cc1.O=P(c1ccccc1)(c1ccccc1)c1ccc(Br)cc1. The minimum Gasteiger partial charge on any atom is -0.399 e. The monoisotopic (exact) mass is 1640 g/mol. The molecule has 14 heteroatoms. The van der Waals surface area contributed by atoms with Crippen molar-refractivity contribution in [3.63, 3.8) is 0 Å². The fraction of sp³-hybridized carbons (Fsp3) is 0.0667. The zero-order chi connectivity index (χ0) is 80.6. The lowest BCUT2D eigenvalue weighted by molar-refractivity contribution is 0.00578. The molecule has 10 nitrogen and oxygen atoms in total. The van der Waals surface area contributed by atoms with Crippen LogP contribution in [0.3, 0.4) is 0 Å². The summed E-state index contributed by atoms with van der Waals surface area (Å²) in [6, 6.07) is 138. The predicted octanol–water partition coefficient (Wildman–Crippen LogP) is 23.7. The molecule has 0 amide bonds. The highest BCUT2D eigenvalue weighted by Gasteiger charge is 2.52. The van der Waals surface area contributed by atoms with Gasteiger partial charge in [-0.1, -0.05) is 412 Å². The van der Waals surface area contributed by atoms with Crippen molar-refractivity contribution in [3.8, 4) is 102 Å². The number of rotatable bonds is 16. The zero-order valence-electron chi connectivity index (χ0n) is 65.4. The number of nitrogens with zero attached hydrogens (tertiary/aromatic N) is 6. The molecule has 0 spiro atoms. The summed E-state index contributed by atoms with van der Waals surface area (Å²) >= 11 is 3.43. The first-order valence-electron chi connectivity index (χ1n) is 39.3. The molecule has 1 fully saturated rings. The molecule has 2 aromatic heterocycles. The highest BCUT2D eigenvalue weighted by molar-refractivity contribution is 9.10. The summed E-state index contributed by atoms with van der Waals surface area (Å²) in [4.78, 5) is 29.2. The maximum absolute atomic E-state index is 14.9. The van der Waals surface area contributed by atoms with Gasteiger partial charge < -0.3 is 18.4 Å². The molecule has 578 valence electrons. The summed E-state index contributed by atoms with van der Waals surface area (Å²) in [6.07, 6.45) is 0. The molecule has 1 saturated heterocycles. The predicted molar refractivity (Wildman–Crippen MR) is 499 cm³/mol. The second-order valence-corrected chi connectivity index (χ2v) is 36.3. The molecule has 0 unspecified atom stereocenters. The van der Waals surface area contributed by atoms with Gasteiger partial charge in [-0.15, -0.1) is 0 Å². The van der Waals surface area contributed by atoms with E-state index in [0.29, 0.717) is 34.9 Å². The molecule has 0 N–H and O–H groups in total. The summed E-state index contributed by atoms with van der Waals surface area (Å²) < 4.78 is 42.7. The van der Waals surface area contributed by atoms with Gasteiger partial charge in [0, 0.05) is 69.7 Å². The van der Waals surface area contributed by atoms with Gasteiger partial charge in [-0.2, -0.15) is 0 Å². The number of hydrogen-bond donors (Lipinski definition) is 0. The van der Waals surface area contributed by atoms with E-state index < -0.39 is 32.6 Å². The number of halogens is 1. The first-order chi connectivity index (χ1) is 57.6. The highest BCUT2D eigenvalue weighted by atomic mass is 79.9. The lowest BCUT2D eigenvalue weighted by Crippen LogP contribution is -2.41. The average Bonchev–Trinajstić information content (AvgIpc) is 1.66. The van der Waals surface area contributed by atoms with Crippen molar-refractivity contribution in [2.24, 2.45) is 0 Å². The minimum atomic E-state index is -3.06. The summed E-state index contributed by atoms with van der Waals surface area (Å²) in [6.45, 7) is 8.35. The van der Waals surface area contributed by atoms with Crippen molar-refractivity contribution < 1.29 is 18.4 Å². The second-order valence-electron chi connectivity index (χ2n) is 29.9. The fourth-order valence-corrected chi connectivity index (χ4v) is 20.5. The lowest BCUT2D eigenvalue weighted by Gasteiger charge is -2.32. The Balaban J connectivity index is 0.000000145. The van der Waals surface area contributed by atoms with Gasteiger partial charge in [0.1, 0.15) is 0 Å². The average molecular weight is 1650 g/mol. The number of benzene rings is 16. The van der Waals surface area contributed by atoms with Gasteiger partial charge in [0.05, 0.1) is 11.2 Å². The van der Waals surface area contributed by atoms with E-state index in [1.54, 1.807) is 0 Å². The van der Waals surface area contributed by atoms with Crippen LogP contribution in [0.2, 0.25) is 0 Å². The van der Waals surface area contributed by atoms with Crippen molar-refractivity contribution in [2.75, 3.05) is 0 Å². The van der Waals surface area contributed by atoms with E-state index in [1.807, 2.05) is 279 Å². The maximum Gasteiger partial charge on any atom is 0.495 e. The van der Waals surface area contributed by atoms with E-state index in [4.69, 9.17) is 39.2 Å². The van der Waals surface area contributed by atoms with Crippen LogP contribution in [-0.2, 0) is 18.4 Å². The third-order valence-corrected chi connectivity index (χ3v) is 28.6. The second kappa shape index (κ2) is 35.0. The van der Waals surface area contributed by atoms with Crippen LogP contribution in [0.1, 0.15) is 35.1 Å². The Morgan fingerprint density at radius 1 is 0.235 bits per heavy atom. The molecule has 3 heterocycles. The van der Waals surface area contributed by atoms with Crippen molar-refractivity contribution >= 4 is 96.2 Å².